The van der Waals surface area contributed by atoms with Crippen molar-refractivity contribution in [1.29, 1.82) is 0 Å². The summed E-state index contributed by atoms with van der Waals surface area (Å²) in [5, 5.41) is 16.6. The largest absolute Gasteiger partial charge is 0.493 e. The maximum atomic E-state index is 13.8. The van der Waals surface area contributed by atoms with Crippen LogP contribution in [-0.4, -0.2) is 84.1 Å². The Morgan fingerprint density at radius 1 is 1.09 bits per heavy atom. The number of rotatable bonds is 11. The smallest absolute Gasteiger partial charge is 0.251 e. The molecule has 2 aromatic rings. The van der Waals surface area contributed by atoms with Crippen molar-refractivity contribution in [3.05, 3.63) is 65.7 Å². The fraction of sp³-hybridized carbons (Fsp3) is 0.500. The first-order chi connectivity index (χ1) is 21.3. The molecule has 3 amide bonds. The number of piperidine rings is 1. The van der Waals surface area contributed by atoms with Gasteiger partial charge in [0.25, 0.3) is 5.91 Å². The van der Waals surface area contributed by atoms with Crippen LogP contribution in [0.4, 0.5) is 0 Å². The van der Waals surface area contributed by atoms with Crippen molar-refractivity contribution in [2.24, 2.45) is 5.92 Å². The van der Waals surface area contributed by atoms with Crippen molar-refractivity contribution in [3.8, 4) is 17.2 Å². The third-order valence-electron chi connectivity index (χ3n) is 9.26. The number of likely N-dealkylation sites (tertiary alicyclic amines) is 1. The Hall–Kier alpha value is -3.60. The Morgan fingerprint density at radius 2 is 1.78 bits per heavy atom. The van der Waals surface area contributed by atoms with Gasteiger partial charge in [-0.3, -0.25) is 19.3 Å². The Labute approximate surface area is 271 Å². The lowest BCUT2D eigenvalue weighted by Crippen LogP contribution is -2.75. The fourth-order valence-electron chi connectivity index (χ4n) is 6.56. The number of allylic oxidation sites excluding steroid dienone is 2. The second kappa shape index (κ2) is 15.1. The van der Waals surface area contributed by atoms with Crippen molar-refractivity contribution in [1.82, 2.24) is 20.4 Å². The number of aliphatic hydroxyl groups is 1. The molecule has 3 aliphatic rings. The van der Waals surface area contributed by atoms with E-state index in [1.165, 1.54) is 7.11 Å². The predicted molar refractivity (Wildman–Crippen MR) is 174 cm³/mol. The minimum Gasteiger partial charge on any atom is -0.493 e. The number of hydrogen-bond acceptors (Lipinski definition) is 7. The molecule has 11 heteroatoms. The van der Waals surface area contributed by atoms with Crippen molar-refractivity contribution >= 4 is 30.1 Å². The number of nitrogens with one attached hydrogen (secondary N) is 2. The average Bonchev–Trinajstić information content (AvgIpc) is 3.59. The molecule has 2 aromatic carbocycles. The number of carbonyl (C=O) groups excluding carboxylic acids is 3. The van der Waals surface area contributed by atoms with E-state index < -0.39 is 17.7 Å². The molecule has 1 spiro atoms. The van der Waals surface area contributed by atoms with E-state index >= 15 is 0 Å². The van der Waals surface area contributed by atoms with Gasteiger partial charge in [-0.2, -0.15) is 0 Å². The molecule has 0 radical (unpaired) electrons. The molecule has 5 rings (SSSR count). The Bertz CT molecular complexity index is 1370. The molecule has 1 unspecified atom stereocenters. The number of unbranched alkanes of at least 4 members (excludes halogenated alkanes) is 1. The number of hydrogen-bond donors (Lipinski definition) is 3. The van der Waals surface area contributed by atoms with Crippen LogP contribution in [0.1, 0.15) is 61.4 Å². The summed E-state index contributed by atoms with van der Waals surface area (Å²) < 4.78 is 11.5. The second-order valence-electron chi connectivity index (χ2n) is 12.0. The minimum atomic E-state index is -0.891. The molecule has 0 saturated carbocycles. The first-order valence-corrected chi connectivity index (χ1v) is 15.6. The second-order valence-corrected chi connectivity index (χ2v) is 12.0. The van der Waals surface area contributed by atoms with Gasteiger partial charge in [-0.1, -0.05) is 37.6 Å². The third-order valence-corrected chi connectivity index (χ3v) is 9.26. The Kier molecular flexibility index (Phi) is 11.5. The van der Waals surface area contributed by atoms with Gasteiger partial charge in [0.2, 0.25) is 11.8 Å². The average molecular weight is 641 g/mol. The van der Waals surface area contributed by atoms with E-state index in [2.05, 4.69) is 22.5 Å². The molecule has 2 aliphatic heterocycles. The van der Waals surface area contributed by atoms with E-state index in [-0.39, 0.29) is 36.0 Å². The molecular weight excluding hydrogens is 596 g/mol. The van der Waals surface area contributed by atoms with E-state index in [1.807, 2.05) is 36.4 Å². The first-order valence-electron chi connectivity index (χ1n) is 15.6. The van der Waals surface area contributed by atoms with Crippen LogP contribution in [0.3, 0.4) is 0 Å². The van der Waals surface area contributed by atoms with Gasteiger partial charge in [0, 0.05) is 38.8 Å². The normalized spacial score (nSPS) is 20.4. The minimum absolute atomic E-state index is 0. The molecule has 45 heavy (non-hydrogen) atoms. The summed E-state index contributed by atoms with van der Waals surface area (Å²) in [6.45, 7) is 4.67. The third kappa shape index (κ3) is 7.29. The number of ether oxygens (including phenoxy) is 2. The maximum absolute atomic E-state index is 13.8. The van der Waals surface area contributed by atoms with Crippen LogP contribution in [0.15, 0.2) is 54.6 Å². The van der Waals surface area contributed by atoms with Crippen LogP contribution in [0.2, 0.25) is 0 Å². The summed E-state index contributed by atoms with van der Waals surface area (Å²) in [7, 11) is 3.11. The van der Waals surface area contributed by atoms with Gasteiger partial charge in [-0.05, 0) is 73.9 Å². The lowest BCUT2D eigenvalue weighted by Gasteiger charge is -2.52. The van der Waals surface area contributed by atoms with Gasteiger partial charge >= 0.3 is 0 Å². The Balaban J connectivity index is 0.00000461. The lowest BCUT2D eigenvalue weighted by molar-refractivity contribution is -0.165. The number of benzene rings is 2. The number of aliphatic hydroxyl groups excluding tert-OH is 1. The zero-order valence-electron chi connectivity index (χ0n) is 26.3. The van der Waals surface area contributed by atoms with Crippen LogP contribution >= 0.6 is 12.4 Å². The van der Waals surface area contributed by atoms with Crippen LogP contribution in [0, 0.1) is 5.92 Å². The van der Waals surface area contributed by atoms with Crippen molar-refractivity contribution in [2.45, 2.75) is 69.7 Å². The SMILES string of the molecule is CCCCN1C(=O)[C@@H](C(O)C2CC=CC2)NC(=O)C12CCN(Cc1ccc(Oc3ccc(C(=O)NC)cc3OC)cc1)CC2.Cl. The van der Waals surface area contributed by atoms with E-state index in [9.17, 15) is 19.5 Å². The zero-order valence-corrected chi connectivity index (χ0v) is 27.1. The number of nitrogens with zero attached hydrogens (tertiary/aromatic N) is 2. The molecule has 10 nitrogen and oxygen atoms in total. The van der Waals surface area contributed by atoms with Gasteiger partial charge in [0.15, 0.2) is 11.5 Å². The summed E-state index contributed by atoms with van der Waals surface area (Å²) in [5.74, 6) is 1.09. The molecular formula is C34H45ClN4O6. The van der Waals surface area contributed by atoms with E-state index in [4.69, 9.17) is 9.47 Å². The highest BCUT2D eigenvalue weighted by atomic mass is 35.5. The lowest BCUT2D eigenvalue weighted by atomic mass is 9.79. The highest BCUT2D eigenvalue weighted by molar-refractivity contribution is 6.00. The monoisotopic (exact) mass is 640 g/mol. The quantitative estimate of drug-likeness (QED) is 0.317. The number of halogens is 1. The highest BCUT2D eigenvalue weighted by Gasteiger charge is 2.55. The molecule has 2 saturated heterocycles. The van der Waals surface area contributed by atoms with Crippen LogP contribution in [-0.2, 0) is 16.1 Å². The molecule has 2 fully saturated rings. The number of carbonyl (C=O) groups is 3. The number of amides is 3. The molecule has 244 valence electrons. The summed E-state index contributed by atoms with van der Waals surface area (Å²) in [5.41, 5.74) is 0.713. The molecule has 2 heterocycles. The van der Waals surface area contributed by atoms with Crippen molar-refractivity contribution in [2.75, 3.05) is 33.8 Å². The summed E-state index contributed by atoms with van der Waals surface area (Å²) >= 11 is 0. The summed E-state index contributed by atoms with van der Waals surface area (Å²) in [6.07, 6.45) is 7.45. The predicted octanol–water partition coefficient (Wildman–Crippen LogP) is 4.06. The molecule has 0 bridgehead atoms. The topological polar surface area (TPSA) is 120 Å². The van der Waals surface area contributed by atoms with Crippen LogP contribution < -0.4 is 20.1 Å². The molecule has 1 aliphatic carbocycles. The van der Waals surface area contributed by atoms with E-state index in [0.717, 1.165) is 31.2 Å². The fourth-order valence-corrected chi connectivity index (χ4v) is 6.56. The van der Waals surface area contributed by atoms with E-state index in [1.54, 1.807) is 30.1 Å². The Morgan fingerprint density at radius 3 is 2.40 bits per heavy atom. The van der Waals surface area contributed by atoms with Crippen molar-refractivity contribution < 1.29 is 29.0 Å². The highest BCUT2D eigenvalue weighted by Crippen LogP contribution is 2.36. The molecule has 0 aromatic heterocycles. The van der Waals surface area contributed by atoms with Gasteiger partial charge in [0.05, 0.1) is 13.2 Å². The number of methoxy groups -OCH3 is 1. The standard InChI is InChI=1S/C34H44N4O6.ClH/c1-4-5-18-38-32(41)29(30(39)24-8-6-7-9-24)36-33(42)34(38)16-19-37(20-17-34)22-23-10-13-26(14-11-23)44-27-15-12-25(31(40)35-2)21-28(27)43-3;/h6-7,10-15,21,24,29-30,39H,4-5,8-9,16-20,22H2,1-3H3,(H,35,40)(H,36,42);1H/t29-,30?;/m1./s1. The zero-order chi connectivity index (χ0) is 31.3. The molecule has 2 atom stereocenters. The first kappa shape index (κ1) is 34.3. The molecule has 3 N–H and O–H groups in total. The van der Waals surface area contributed by atoms with Gasteiger partial charge in [0.1, 0.15) is 17.3 Å². The van der Waals surface area contributed by atoms with Crippen LogP contribution in [0.25, 0.3) is 0 Å². The van der Waals surface area contributed by atoms with Crippen molar-refractivity contribution in [3.63, 3.8) is 0 Å². The maximum Gasteiger partial charge on any atom is 0.251 e. The van der Waals surface area contributed by atoms with Gasteiger partial charge in [-0.25, -0.2) is 0 Å². The van der Waals surface area contributed by atoms with Crippen LogP contribution in [0.5, 0.6) is 17.2 Å². The summed E-state index contributed by atoms with van der Waals surface area (Å²) in [4.78, 5) is 43.5. The van der Waals surface area contributed by atoms with E-state index in [0.29, 0.717) is 61.8 Å². The van der Waals surface area contributed by atoms with Gasteiger partial charge < -0.3 is 30.1 Å². The summed E-state index contributed by atoms with van der Waals surface area (Å²) in [6, 6.07) is 12.0. The number of piperazine rings is 1. The van der Waals surface area contributed by atoms with Gasteiger partial charge in [-0.15, -0.1) is 12.4 Å².